The van der Waals surface area contributed by atoms with Crippen LogP contribution in [0.15, 0.2) is 44.5 Å². The molecule has 0 amide bonds. The van der Waals surface area contributed by atoms with Crippen LogP contribution in [0, 0.1) is 17.8 Å². The van der Waals surface area contributed by atoms with E-state index >= 15 is 0 Å². The van der Waals surface area contributed by atoms with Crippen molar-refractivity contribution in [2.24, 2.45) is 22.9 Å². The third-order valence-electron chi connectivity index (χ3n) is 5.65. The molecule has 0 unspecified atom stereocenters. The molecule has 2 heterocycles. The normalized spacial score (nSPS) is 22.9. The Balaban J connectivity index is 1.81. The van der Waals surface area contributed by atoms with Crippen LogP contribution in [0.3, 0.4) is 0 Å². The lowest BCUT2D eigenvalue weighted by atomic mass is 9.76. The Bertz CT molecular complexity index is 1230. The number of fused-ring (bicyclic) bond motifs is 3. The number of ether oxygens (including phenoxy) is 1. The van der Waals surface area contributed by atoms with E-state index in [1.165, 1.54) is 5.57 Å². The fourth-order valence-corrected chi connectivity index (χ4v) is 4.27. The highest BCUT2D eigenvalue weighted by Crippen LogP contribution is 2.32. The minimum Gasteiger partial charge on any atom is -0.497 e. The van der Waals surface area contributed by atoms with Crippen molar-refractivity contribution in [2.75, 3.05) is 7.11 Å². The Morgan fingerprint density at radius 2 is 2.00 bits per heavy atom. The molecule has 1 aromatic carbocycles. The number of hydrogen-bond donors (Lipinski definition) is 2. The summed E-state index contributed by atoms with van der Waals surface area (Å²) < 4.78 is 6.13. The zero-order chi connectivity index (χ0) is 20.0. The van der Waals surface area contributed by atoms with E-state index in [2.05, 4.69) is 41.9 Å². The van der Waals surface area contributed by atoms with Gasteiger partial charge in [-0.25, -0.2) is 4.79 Å². The van der Waals surface area contributed by atoms with Crippen LogP contribution >= 0.6 is 0 Å². The highest BCUT2D eigenvalue weighted by Gasteiger charge is 2.25. The molecule has 2 N–H and O–H groups in total. The zero-order valence-electron chi connectivity index (χ0n) is 16.4. The van der Waals surface area contributed by atoms with E-state index in [1.807, 2.05) is 6.07 Å². The third-order valence-corrected chi connectivity index (χ3v) is 5.65. The van der Waals surface area contributed by atoms with E-state index in [9.17, 15) is 9.59 Å². The lowest BCUT2D eigenvalue weighted by Gasteiger charge is -2.29. The van der Waals surface area contributed by atoms with Crippen LogP contribution in [-0.2, 0) is 0 Å². The summed E-state index contributed by atoms with van der Waals surface area (Å²) in [5.74, 6) is 1.57. The molecular formula is C21H24N4O3. The van der Waals surface area contributed by atoms with E-state index in [-0.39, 0.29) is 5.92 Å². The second kappa shape index (κ2) is 6.82. The van der Waals surface area contributed by atoms with Crippen LogP contribution in [0.1, 0.15) is 27.2 Å². The first kappa shape index (κ1) is 18.3. The summed E-state index contributed by atoms with van der Waals surface area (Å²) in [6, 6.07) is 5.40. The van der Waals surface area contributed by atoms with Gasteiger partial charge in [0.1, 0.15) is 11.3 Å². The number of rotatable bonds is 3. The summed E-state index contributed by atoms with van der Waals surface area (Å²) in [5, 5.41) is 5.03. The smallest absolute Gasteiger partial charge is 0.350 e. The maximum absolute atomic E-state index is 12.9. The Hall–Kier alpha value is -3.09. The topological polar surface area (TPSA) is 92.2 Å². The highest BCUT2D eigenvalue weighted by atomic mass is 16.5. The van der Waals surface area contributed by atoms with E-state index < -0.39 is 11.2 Å². The first-order valence-corrected chi connectivity index (χ1v) is 9.45. The van der Waals surface area contributed by atoms with Gasteiger partial charge in [-0.2, -0.15) is 5.10 Å². The summed E-state index contributed by atoms with van der Waals surface area (Å²) in [5.41, 5.74) is 1.88. The van der Waals surface area contributed by atoms with Gasteiger partial charge in [-0.1, -0.05) is 25.5 Å². The second-order valence-electron chi connectivity index (χ2n) is 7.73. The molecule has 1 aliphatic carbocycles. The molecule has 7 nitrogen and oxygen atoms in total. The summed E-state index contributed by atoms with van der Waals surface area (Å²) in [4.78, 5) is 31.3. The quantitative estimate of drug-likeness (QED) is 0.540. The van der Waals surface area contributed by atoms with Crippen molar-refractivity contribution in [2.45, 2.75) is 27.2 Å². The van der Waals surface area contributed by atoms with Crippen molar-refractivity contribution < 1.29 is 4.74 Å². The molecule has 1 aliphatic rings. The fourth-order valence-electron chi connectivity index (χ4n) is 4.27. The van der Waals surface area contributed by atoms with Crippen molar-refractivity contribution in [3.8, 4) is 5.75 Å². The summed E-state index contributed by atoms with van der Waals surface area (Å²) in [6.07, 6.45) is 4.97. The Morgan fingerprint density at radius 3 is 2.71 bits per heavy atom. The Morgan fingerprint density at radius 1 is 1.21 bits per heavy atom. The Kier molecular flexibility index (Phi) is 4.45. The van der Waals surface area contributed by atoms with Gasteiger partial charge in [-0.3, -0.25) is 4.79 Å². The van der Waals surface area contributed by atoms with Gasteiger partial charge in [0, 0.05) is 23.6 Å². The van der Waals surface area contributed by atoms with Gasteiger partial charge >= 0.3 is 11.2 Å². The zero-order valence-corrected chi connectivity index (χ0v) is 16.4. The molecule has 2 aromatic heterocycles. The standard InChI is InChI=1S/C21H24N4O3/c1-11-7-12(2)16(13(3)8-11)10-22-25-20(26)19-18(24-21(25)27)15-6-5-14(28-4)9-17(15)23-19/h5-7,9-10,12-13,16,23H,8H2,1-4H3,(H,24,27)/t12-,13-,16+/m0/s1. The maximum Gasteiger partial charge on any atom is 0.350 e. The number of aromatic amines is 2. The lowest BCUT2D eigenvalue weighted by molar-refractivity contribution is 0.361. The molecule has 0 saturated heterocycles. The average molecular weight is 380 g/mol. The van der Waals surface area contributed by atoms with E-state index in [0.29, 0.717) is 28.6 Å². The number of nitrogens with zero attached hydrogens (tertiary/aromatic N) is 2. The summed E-state index contributed by atoms with van der Waals surface area (Å²) in [7, 11) is 1.58. The number of hydrogen-bond acceptors (Lipinski definition) is 4. The SMILES string of the molecule is COc1ccc2c(c1)[nH]c1c(=O)n(N=C[C@@H]3[C@@H](C)C=C(C)C[C@@H]3C)c(=O)[nH]c12. The predicted octanol–water partition coefficient (Wildman–Crippen LogP) is 3.25. The van der Waals surface area contributed by atoms with Gasteiger partial charge in [0.2, 0.25) is 0 Å². The molecule has 0 saturated carbocycles. The highest BCUT2D eigenvalue weighted by molar-refractivity contribution is 6.04. The predicted molar refractivity (Wildman–Crippen MR) is 111 cm³/mol. The van der Waals surface area contributed by atoms with Crippen molar-refractivity contribution in [1.29, 1.82) is 0 Å². The molecule has 28 heavy (non-hydrogen) atoms. The molecule has 3 atom stereocenters. The number of aromatic nitrogens is 3. The lowest BCUT2D eigenvalue weighted by Crippen LogP contribution is -2.33. The second-order valence-corrected chi connectivity index (χ2v) is 7.73. The molecule has 146 valence electrons. The van der Waals surface area contributed by atoms with Crippen molar-refractivity contribution in [3.63, 3.8) is 0 Å². The molecule has 0 spiro atoms. The van der Waals surface area contributed by atoms with Gasteiger partial charge in [-0.05, 0) is 37.3 Å². The maximum atomic E-state index is 12.9. The van der Waals surface area contributed by atoms with E-state index in [1.54, 1.807) is 25.5 Å². The number of nitrogens with one attached hydrogen (secondary N) is 2. The van der Waals surface area contributed by atoms with Crippen LogP contribution in [0.5, 0.6) is 5.75 Å². The van der Waals surface area contributed by atoms with Crippen LogP contribution in [0.4, 0.5) is 0 Å². The molecule has 7 heteroatoms. The van der Waals surface area contributed by atoms with Crippen LogP contribution in [0.25, 0.3) is 21.9 Å². The molecule has 0 aliphatic heterocycles. The van der Waals surface area contributed by atoms with Gasteiger partial charge in [-0.15, -0.1) is 4.68 Å². The first-order valence-electron chi connectivity index (χ1n) is 9.45. The largest absolute Gasteiger partial charge is 0.497 e. The number of benzene rings is 1. The molecule has 3 aromatic rings. The van der Waals surface area contributed by atoms with Gasteiger partial charge in [0.15, 0.2) is 0 Å². The number of methoxy groups -OCH3 is 1. The molecule has 0 fully saturated rings. The fraction of sp³-hybridized carbons (Fsp3) is 0.381. The van der Waals surface area contributed by atoms with E-state index in [0.717, 1.165) is 22.0 Å². The molecule has 0 radical (unpaired) electrons. The Labute approximate surface area is 161 Å². The van der Waals surface area contributed by atoms with Gasteiger partial charge < -0.3 is 14.7 Å². The minimum absolute atomic E-state index is 0.178. The van der Waals surface area contributed by atoms with Crippen molar-refractivity contribution in [3.05, 3.63) is 50.7 Å². The van der Waals surface area contributed by atoms with Crippen LogP contribution in [0.2, 0.25) is 0 Å². The summed E-state index contributed by atoms with van der Waals surface area (Å²) >= 11 is 0. The average Bonchev–Trinajstić information content (AvgIpc) is 3.01. The third kappa shape index (κ3) is 2.96. The monoisotopic (exact) mass is 380 g/mol. The number of allylic oxidation sites excluding steroid dienone is 2. The van der Waals surface area contributed by atoms with Gasteiger partial charge in [0.25, 0.3) is 0 Å². The minimum atomic E-state index is -0.548. The van der Waals surface area contributed by atoms with Crippen molar-refractivity contribution >= 4 is 28.2 Å². The molecule has 0 bridgehead atoms. The van der Waals surface area contributed by atoms with Gasteiger partial charge in [0.05, 0.1) is 18.1 Å². The summed E-state index contributed by atoms with van der Waals surface area (Å²) in [6.45, 7) is 6.44. The van der Waals surface area contributed by atoms with Crippen LogP contribution < -0.4 is 16.0 Å². The van der Waals surface area contributed by atoms with Crippen LogP contribution in [-0.4, -0.2) is 28.0 Å². The first-order chi connectivity index (χ1) is 13.4. The van der Waals surface area contributed by atoms with Crippen molar-refractivity contribution in [1.82, 2.24) is 14.6 Å². The number of H-pyrrole nitrogens is 2. The molecular weight excluding hydrogens is 356 g/mol. The molecule has 4 rings (SSSR count). The van der Waals surface area contributed by atoms with E-state index in [4.69, 9.17) is 4.74 Å².